The number of fused-ring (bicyclic) bond motifs is 1. The number of hydrogen-bond acceptors (Lipinski definition) is 3. The predicted molar refractivity (Wildman–Crippen MR) is 81.4 cm³/mol. The summed E-state index contributed by atoms with van der Waals surface area (Å²) >= 11 is 0. The van der Waals surface area contributed by atoms with Crippen molar-refractivity contribution in [2.45, 2.75) is 18.9 Å². The first-order valence-electron chi connectivity index (χ1n) is 7.30. The number of ether oxygens (including phenoxy) is 2. The minimum Gasteiger partial charge on any atom is -0.483 e. The molecule has 1 N–H and O–H groups in total. The third-order valence-electron chi connectivity index (χ3n) is 3.69. The van der Waals surface area contributed by atoms with E-state index in [2.05, 4.69) is 5.32 Å². The molecule has 0 aliphatic carbocycles. The lowest BCUT2D eigenvalue weighted by atomic mass is 10.1. The second kappa shape index (κ2) is 6.59. The third-order valence-corrected chi connectivity index (χ3v) is 3.69. The van der Waals surface area contributed by atoms with Gasteiger partial charge in [0, 0.05) is 24.6 Å². The van der Waals surface area contributed by atoms with E-state index in [4.69, 9.17) is 9.47 Å². The van der Waals surface area contributed by atoms with Gasteiger partial charge in [-0.05, 0) is 24.3 Å². The molecule has 4 heteroatoms. The normalized spacial score (nSPS) is 15.8. The molecule has 21 heavy (non-hydrogen) atoms. The summed E-state index contributed by atoms with van der Waals surface area (Å²) in [6, 6.07) is 14.1. The maximum absolute atomic E-state index is 11.9. The van der Waals surface area contributed by atoms with Gasteiger partial charge in [-0.1, -0.05) is 36.4 Å². The van der Waals surface area contributed by atoms with Crippen LogP contribution in [0.15, 0.2) is 42.5 Å². The third kappa shape index (κ3) is 3.52. The summed E-state index contributed by atoms with van der Waals surface area (Å²) in [5, 5.41) is 5.13. The van der Waals surface area contributed by atoms with Crippen LogP contribution in [0.1, 0.15) is 12.8 Å². The van der Waals surface area contributed by atoms with Crippen molar-refractivity contribution >= 4 is 16.7 Å². The van der Waals surface area contributed by atoms with E-state index in [1.54, 1.807) is 0 Å². The van der Waals surface area contributed by atoms with Crippen LogP contribution in [-0.2, 0) is 9.53 Å². The van der Waals surface area contributed by atoms with Crippen LogP contribution in [0.25, 0.3) is 10.8 Å². The Bertz CT molecular complexity index is 615. The van der Waals surface area contributed by atoms with Gasteiger partial charge in [0.2, 0.25) is 0 Å². The highest BCUT2D eigenvalue weighted by Gasteiger charge is 2.16. The fourth-order valence-electron chi connectivity index (χ4n) is 2.58. The zero-order chi connectivity index (χ0) is 14.5. The van der Waals surface area contributed by atoms with E-state index >= 15 is 0 Å². The Morgan fingerprint density at radius 3 is 2.76 bits per heavy atom. The summed E-state index contributed by atoms with van der Waals surface area (Å²) in [6.07, 6.45) is 1.75. The van der Waals surface area contributed by atoms with Crippen LogP contribution in [-0.4, -0.2) is 31.8 Å². The smallest absolute Gasteiger partial charge is 0.258 e. The molecule has 4 nitrogen and oxygen atoms in total. The van der Waals surface area contributed by atoms with E-state index in [0.717, 1.165) is 42.6 Å². The van der Waals surface area contributed by atoms with Gasteiger partial charge in [-0.25, -0.2) is 0 Å². The maximum Gasteiger partial charge on any atom is 0.258 e. The fraction of sp³-hybridized carbons (Fsp3) is 0.353. The zero-order valence-electron chi connectivity index (χ0n) is 11.9. The summed E-state index contributed by atoms with van der Waals surface area (Å²) in [7, 11) is 0. The average molecular weight is 285 g/mol. The van der Waals surface area contributed by atoms with E-state index in [9.17, 15) is 4.79 Å². The first-order valence-corrected chi connectivity index (χ1v) is 7.30. The molecule has 1 saturated heterocycles. The highest BCUT2D eigenvalue weighted by atomic mass is 16.5. The second-order valence-electron chi connectivity index (χ2n) is 5.22. The van der Waals surface area contributed by atoms with Gasteiger partial charge in [-0.15, -0.1) is 0 Å². The van der Waals surface area contributed by atoms with E-state index in [1.165, 1.54) is 0 Å². The monoisotopic (exact) mass is 285 g/mol. The Hall–Kier alpha value is -2.07. The SMILES string of the molecule is O=C(COc1cccc2ccccc12)NC1CCOCC1. The number of carbonyl (C=O) groups is 1. The Morgan fingerprint density at radius 1 is 1.14 bits per heavy atom. The molecule has 1 heterocycles. The van der Waals surface area contributed by atoms with Crippen LogP contribution in [0.4, 0.5) is 0 Å². The van der Waals surface area contributed by atoms with Crippen molar-refractivity contribution in [1.29, 1.82) is 0 Å². The molecule has 0 saturated carbocycles. The number of nitrogens with one attached hydrogen (secondary N) is 1. The molecule has 2 aromatic carbocycles. The van der Waals surface area contributed by atoms with Gasteiger partial charge >= 0.3 is 0 Å². The van der Waals surface area contributed by atoms with Gasteiger partial charge in [0.1, 0.15) is 5.75 Å². The lowest BCUT2D eigenvalue weighted by Gasteiger charge is -2.23. The Kier molecular flexibility index (Phi) is 4.36. The number of hydrogen-bond donors (Lipinski definition) is 1. The van der Waals surface area contributed by atoms with Gasteiger partial charge < -0.3 is 14.8 Å². The number of carbonyl (C=O) groups excluding carboxylic acids is 1. The highest BCUT2D eigenvalue weighted by Crippen LogP contribution is 2.24. The minimum absolute atomic E-state index is 0.0470. The van der Waals surface area contributed by atoms with Crippen LogP contribution in [0.5, 0.6) is 5.75 Å². The van der Waals surface area contributed by atoms with Crippen LogP contribution >= 0.6 is 0 Å². The lowest BCUT2D eigenvalue weighted by Crippen LogP contribution is -2.41. The standard InChI is InChI=1S/C17H19NO3/c19-17(18-14-8-10-20-11-9-14)12-21-16-7-3-5-13-4-1-2-6-15(13)16/h1-7,14H,8-12H2,(H,18,19). The van der Waals surface area contributed by atoms with Gasteiger partial charge in [0.25, 0.3) is 5.91 Å². The van der Waals surface area contributed by atoms with Crippen molar-refractivity contribution in [3.8, 4) is 5.75 Å². The molecule has 110 valence electrons. The van der Waals surface area contributed by atoms with Crippen molar-refractivity contribution < 1.29 is 14.3 Å². The highest BCUT2D eigenvalue weighted by molar-refractivity contribution is 5.88. The number of amides is 1. The summed E-state index contributed by atoms with van der Waals surface area (Å²) in [4.78, 5) is 11.9. The minimum atomic E-state index is -0.0742. The molecule has 2 aromatic rings. The maximum atomic E-state index is 11.9. The molecular weight excluding hydrogens is 266 g/mol. The average Bonchev–Trinajstić information content (AvgIpc) is 2.54. The largest absolute Gasteiger partial charge is 0.483 e. The summed E-state index contributed by atoms with van der Waals surface area (Å²) < 4.78 is 11.0. The topological polar surface area (TPSA) is 47.6 Å². The van der Waals surface area contributed by atoms with Gasteiger partial charge in [0.05, 0.1) is 0 Å². The molecule has 0 bridgehead atoms. The molecule has 3 rings (SSSR count). The molecule has 1 aliphatic heterocycles. The van der Waals surface area contributed by atoms with Crippen molar-refractivity contribution in [3.63, 3.8) is 0 Å². The van der Waals surface area contributed by atoms with Crippen LogP contribution in [0, 0.1) is 0 Å². The van der Waals surface area contributed by atoms with Gasteiger partial charge in [-0.3, -0.25) is 4.79 Å². The zero-order valence-corrected chi connectivity index (χ0v) is 11.9. The quantitative estimate of drug-likeness (QED) is 0.939. The molecular formula is C17H19NO3. The summed E-state index contributed by atoms with van der Waals surface area (Å²) in [5.41, 5.74) is 0. The fourth-order valence-corrected chi connectivity index (χ4v) is 2.58. The van der Waals surface area contributed by atoms with E-state index in [-0.39, 0.29) is 18.6 Å². The first kappa shape index (κ1) is 13.9. The van der Waals surface area contributed by atoms with E-state index < -0.39 is 0 Å². The Balaban J connectivity index is 1.59. The van der Waals surface area contributed by atoms with E-state index in [1.807, 2.05) is 42.5 Å². The summed E-state index contributed by atoms with van der Waals surface area (Å²) in [6.45, 7) is 1.48. The van der Waals surface area contributed by atoms with Crippen LogP contribution < -0.4 is 10.1 Å². The van der Waals surface area contributed by atoms with Gasteiger partial charge in [0.15, 0.2) is 6.61 Å². The predicted octanol–water partition coefficient (Wildman–Crippen LogP) is 2.51. The molecule has 0 radical (unpaired) electrons. The van der Waals surface area contributed by atoms with Crippen molar-refractivity contribution in [3.05, 3.63) is 42.5 Å². The van der Waals surface area contributed by atoms with E-state index in [0.29, 0.717) is 0 Å². The number of rotatable bonds is 4. The molecule has 0 atom stereocenters. The molecule has 1 amide bonds. The Morgan fingerprint density at radius 2 is 1.90 bits per heavy atom. The lowest BCUT2D eigenvalue weighted by molar-refractivity contribution is -0.124. The number of benzene rings is 2. The molecule has 1 aliphatic rings. The molecule has 0 spiro atoms. The second-order valence-corrected chi connectivity index (χ2v) is 5.22. The molecule has 0 aromatic heterocycles. The molecule has 1 fully saturated rings. The van der Waals surface area contributed by atoms with Crippen molar-refractivity contribution in [2.75, 3.05) is 19.8 Å². The van der Waals surface area contributed by atoms with Crippen LogP contribution in [0.2, 0.25) is 0 Å². The summed E-state index contributed by atoms with van der Waals surface area (Å²) in [5.74, 6) is 0.671. The first-order chi connectivity index (χ1) is 10.3. The van der Waals surface area contributed by atoms with Gasteiger partial charge in [-0.2, -0.15) is 0 Å². The van der Waals surface area contributed by atoms with Crippen LogP contribution in [0.3, 0.4) is 0 Å². The Labute approximate surface area is 124 Å². The molecule has 0 unspecified atom stereocenters. The van der Waals surface area contributed by atoms with Crippen molar-refractivity contribution in [1.82, 2.24) is 5.32 Å². The van der Waals surface area contributed by atoms with Crippen molar-refractivity contribution in [2.24, 2.45) is 0 Å².